The normalized spacial score (nSPS) is 12.9. The maximum absolute atomic E-state index is 12.1. The van der Waals surface area contributed by atoms with Crippen LogP contribution in [-0.4, -0.2) is 38.0 Å². The van der Waals surface area contributed by atoms with Crippen LogP contribution < -0.4 is 10.0 Å². The number of carbonyl (C=O) groups is 2. The second-order valence-corrected chi connectivity index (χ2v) is 7.01. The Kier molecular flexibility index (Phi) is 5.26. The largest absolute Gasteiger partial charge is 0.480 e. The molecular weight excluding hydrogens is 304 g/mol. The van der Waals surface area contributed by atoms with Crippen molar-refractivity contribution in [3.05, 3.63) is 15.8 Å². The van der Waals surface area contributed by atoms with Crippen LogP contribution in [0.5, 0.6) is 0 Å². The van der Waals surface area contributed by atoms with Gasteiger partial charge in [-0.15, -0.1) is 11.3 Å². The average molecular weight is 320 g/mol. The lowest BCUT2D eigenvalue weighted by molar-refractivity contribution is -0.138. The highest BCUT2D eigenvalue weighted by Crippen LogP contribution is 2.25. The van der Waals surface area contributed by atoms with Crippen molar-refractivity contribution in [3.8, 4) is 0 Å². The summed E-state index contributed by atoms with van der Waals surface area (Å²) < 4.78 is 26.2. The van der Waals surface area contributed by atoms with E-state index in [2.05, 4.69) is 5.32 Å². The molecule has 0 bridgehead atoms. The molecule has 0 aliphatic rings. The van der Waals surface area contributed by atoms with Gasteiger partial charge >= 0.3 is 5.97 Å². The summed E-state index contributed by atoms with van der Waals surface area (Å²) in [5.74, 6) is -1.63. The molecule has 1 unspecified atom stereocenters. The number of amides is 1. The van der Waals surface area contributed by atoms with E-state index in [1.165, 1.54) is 13.0 Å². The smallest absolute Gasteiger partial charge is 0.321 e. The SMILES string of the molecule is CCNC(=O)c1cc(S(=O)(=O)NC(C)C(=O)O)c(C)s1. The third kappa shape index (κ3) is 3.78. The van der Waals surface area contributed by atoms with Crippen LogP contribution in [-0.2, 0) is 14.8 Å². The summed E-state index contributed by atoms with van der Waals surface area (Å²) in [6.45, 7) is 4.98. The molecule has 1 rings (SSSR count). The van der Waals surface area contributed by atoms with E-state index in [0.717, 1.165) is 11.3 Å². The number of nitrogens with one attached hydrogen (secondary N) is 2. The van der Waals surface area contributed by atoms with Gasteiger partial charge in [0.15, 0.2) is 0 Å². The van der Waals surface area contributed by atoms with Crippen LogP contribution in [0.3, 0.4) is 0 Å². The number of sulfonamides is 1. The number of rotatable bonds is 6. The van der Waals surface area contributed by atoms with E-state index in [4.69, 9.17) is 5.11 Å². The second-order valence-electron chi connectivity index (χ2n) is 4.07. The standard InChI is InChI=1S/C11H16N2O5S2/c1-4-12-10(14)8-5-9(7(3)19-8)20(17,18)13-6(2)11(15)16/h5-6,13H,4H2,1-3H3,(H,12,14)(H,15,16). The zero-order valence-electron chi connectivity index (χ0n) is 11.3. The van der Waals surface area contributed by atoms with Crippen molar-refractivity contribution in [2.45, 2.75) is 31.7 Å². The highest BCUT2D eigenvalue weighted by Gasteiger charge is 2.26. The fourth-order valence-corrected chi connectivity index (χ4v) is 4.14. The number of hydrogen-bond acceptors (Lipinski definition) is 5. The van der Waals surface area contributed by atoms with E-state index >= 15 is 0 Å². The first-order valence-electron chi connectivity index (χ1n) is 5.82. The van der Waals surface area contributed by atoms with Gasteiger partial charge in [0.2, 0.25) is 10.0 Å². The molecule has 0 aliphatic carbocycles. The van der Waals surface area contributed by atoms with Crippen molar-refractivity contribution in [1.29, 1.82) is 0 Å². The minimum Gasteiger partial charge on any atom is -0.480 e. The van der Waals surface area contributed by atoms with Crippen molar-refractivity contribution in [1.82, 2.24) is 10.0 Å². The molecule has 0 radical (unpaired) electrons. The van der Waals surface area contributed by atoms with Crippen LogP contribution in [0.1, 0.15) is 28.4 Å². The Morgan fingerprint density at radius 3 is 2.55 bits per heavy atom. The van der Waals surface area contributed by atoms with Crippen molar-refractivity contribution in [2.75, 3.05) is 6.54 Å². The molecule has 1 aromatic rings. The highest BCUT2D eigenvalue weighted by molar-refractivity contribution is 7.89. The van der Waals surface area contributed by atoms with Crippen LogP contribution >= 0.6 is 11.3 Å². The first-order valence-corrected chi connectivity index (χ1v) is 8.12. The third-order valence-corrected chi connectivity index (χ3v) is 5.27. The van der Waals surface area contributed by atoms with E-state index in [0.29, 0.717) is 11.4 Å². The molecule has 7 nitrogen and oxygen atoms in total. The lowest BCUT2D eigenvalue weighted by Crippen LogP contribution is -2.38. The summed E-state index contributed by atoms with van der Waals surface area (Å²) in [7, 11) is -3.96. The van der Waals surface area contributed by atoms with E-state index in [9.17, 15) is 18.0 Å². The zero-order chi connectivity index (χ0) is 15.5. The predicted octanol–water partition coefficient (Wildman–Crippen LogP) is 0.558. The van der Waals surface area contributed by atoms with Crippen LogP contribution in [0.15, 0.2) is 11.0 Å². The van der Waals surface area contributed by atoms with Gasteiger partial charge in [-0.05, 0) is 26.8 Å². The van der Waals surface area contributed by atoms with E-state index in [1.807, 2.05) is 4.72 Å². The fourth-order valence-electron chi connectivity index (χ4n) is 1.44. The number of aliphatic carboxylic acids is 1. The van der Waals surface area contributed by atoms with E-state index < -0.39 is 22.0 Å². The number of hydrogen-bond donors (Lipinski definition) is 3. The van der Waals surface area contributed by atoms with Crippen molar-refractivity contribution < 1.29 is 23.1 Å². The van der Waals surface area contributed by atoms with Crippen LogP contribution in [0.25, 0.3) is 0 Å². The molecule has 0 aliphatic heterocycles. The number of aryl methyl sites for hydroxylation is 1. The quantitative estimate of drug-likeness (QED) is 0.709. The topological polar surface area (TPSA) is 113 Å². The summed E-state index contributed by atoms with van der Waals surface area (Å²) in [6.07, 6.45) is 0. The maximum Gasteiger partial charge on any atom is 0.321 e. The van der Waals surface area contributed by atoms with Gasteiger partial charge in [-0.2, -0.15) is 4.72 Å². The zero-order valence-corrected chi connectivity index (χ0v) is 12.9. The molecule has 0 fully saturated rings. The Bertz CT molecular complexity index is 621. The van der Waals surface area contributed by atoms with Gasteiger partial charge in [0, 0.05) is 11.4 Å². The Hall–Kier alpha value is -1.45. The molecule has 9 heteroatoms. The summed E-state index contributed by atoms with van der Waals surface area (Å²) in [5.41, 5.74) is 0. The monoisotopic (exact) mass is 320 g/mol. The van der Waals surface area contributed by atoms with Crippen molar-refractivity contribution in [3.63, 3.8) is 0 Å². The Balaban J connectivity index is 3.07. The van der Waals surface area contributed by atoms with Crippen molar-refractivity contribution in [2.24, 2.45) is 0 Å². The molecule has 20 heavy (non-hydrogen) atoms. The van der Waals surface area contributed by atoms with Crippen LogP contribution in [0, 0.1) is 6.92 Å². The number of thiophene rings is 1. The summed E-state index contributed by atoms with van der Waals surface area (Å²) >= 11 is 1.05. The predicted molar refractivity (Wildman–Crippen MR) is 74.5 cm³/mol. The van der Waals surface area contributed by atoms with Gasteiger partial charge in [-0.3, -0.25) is 9.59 Å². The van der Waals surface area contributed by atoms with Gasteiger partial charge in [0.05, 0.1) is 9.77 Å². The van der Waals surface area contributed by atoms with Gasteiger partial charge in [-0.25, -0.2) is 8.42 Å². The lowest BCUT2D eigenvalue weighted by atomic mass is 10.4. The van der Waals surface area contributed by atoms with E-state index in [1.54, 1.807) is 13.8 Å². The number of carbonyl (C=O) groups excluding carboxylic acids is 1. The summed E-state index contributed by atoms with van der Waals surface area (Å²) in [4.78, 5) is 23.0. The Morgan fingerprint density at radius 2 is 2.05 bits per heavy atom. The first kappa shape index (κ1) is 16.6. The molecule has 3 N–H and O–H groups in total. The molecule has 0 spiro atoms. The third-order valence-electron chi connectivity index (χ3n) is 2.43. The molecular formula is C11H16N2O5S2. The minimum atomic E-state index is -3.96. The first-order chi connectivity index (χ1) is 9.19. The highest BCUT2D eigenvalue weighted by atomic mass is 32.2. The van der Waals surface area contributed by atoms with Gasteiger partial charge in [-0.1, -0.05) is 0 Å². The minimum absolute atomic E-state index is 0.0724. The Morgan fingerprint density at radius 1 is 1.45 bits per heavy atom. The van der Waals surface area contributed by atoms with E-state index in [-0.39, 0.29) is 15.7 Å². The molecule has 112 valence electrons. The lowest BCUT2D eigenvalue weighted by Gasteiger charge is -2.09. The van der Waals surface area contributed by atoms with Crippen molar-refractivity contribution >= 4 is 33.2 Å². The number of carboxylic acid groups (broad SMARTS) is 1. The van der Waals surface area contributed by atoms with Crippen LogP contribution in [0.2, 0.25) is 0 Å². The summed E-state index contributed by atoms with van der Waals surface area (Å²) in [6, 6.07) is 0.00857. The Labute approximate surface area is 121 Å². The number of carboxylic acids is 1. The average Bonchev–Trinajstić information content (AvgIpc) is 2.71. The van der Waals surface area contributed by atoms with Crippen LogP contribution in [0.4, 0.5) is 0 Å². The molecule has 0 saturated heterocycles. The molecule has 1 atom stereocenters. The maximum atomic E-state index is 12.1. The fraction of sp³-hybridized carbons (Fsp3) is 0.455. The van der Waals surface area contributed by atoms with Gasteiger partial charge in [0.25, 0.3) is 5.91 Å². The molecule has 1 aromatic heterocycles. The van der Waals surface area contributed by atoms with Gasteiger partial charge in [0.1, 0.15) is 6.04 Å². The molecule has 1 heterocycles. The molecule has 0 saturated carbocycles. The molecule has 0 aromatic carbocycles. The summed E-state index contributed by atoms with van der Waals surface area (Å²) in [5, 5.41) is 11.3. The second kappa shape index (κ2) is 6.33. The molecule has 1 amide bonds. The van der Waals surface area contributed by atoms with Gasteiger partial charge < -0.3 is 10.4 Å².